The van der Waals surface area contributed by atoms with Gasteiger partial charge in [0.25, 0.3) is 5.69 Å². The summed E-state index contributed by atoms with van der Waals surface area (Å²) in [4.78, 5) is 10.9. The van der Waals surface area contributed by atoms with Gasteiger partial charge in [0.2, 0.25) is 0 Å². The average Bonchev–Trinajstić information content (AvgIpc) is 3.24. The Kier molecular flexibility index (Phi) is 4.37. The van der Waals surface area contributed by atoms with Crippen molar-refractivity contribution < 1.29 is 14.4 Å². The quantitative estimate of drug-likeness (QED) is 0.509. The topological polar surface area (TPSA) is 76.9 Å². The lowest BCUT2D eigenvalue weighted by Gasteiger charge is -2.38. The lowest BCUT2D eigenvalue weighted by molar-refractivity contribution is -0.385. The summed E-state index contributed by atoms with van der Waals surface area (Å²) in [5, 5.41) is 13.3. The second kappa shape index (κ2) is 7.20. The number of nitro groups is 1. The minimum Gasteiger partial charge on any atom is -0.497 e. The van der Waals surface area contributed by atoms with Gasteiger partial charge in [0.05, 0.1) is 23.8 Å². The zero-order chi connectivity index (χ0) is 20.7. The number of nitrogens with one attached hydrogen (secondary N) is 1. The van der Waals surface area contributed by atoms with Crippen molar-refractivity contribution in [1.82, 2.24) is 10.4 Å². The van der Waals surface area contributed by atoms with E-state index in [4.69, 9.17) is 9.47 Å². The van der Waals surface area contributed by atoms with Crippen LogP contribution in [0.2, 0.25) is 0 Å². The molecule has 5 rings (SSSR count). The van der Waals surface area contributed by atoms with Crippen molar-refractivity contribution in [2.24, 2.45) is 0 Å². The molecule has 0 radical (unpaired) electrons. The van der Waals surface area contributed by atoms with Crippen LogP contribution in [0.4, 0.5) is 5.69 Å². The maximum atomic E-state index is 11.3. The summed E-state index contributed by atoms with van der Waals surface area (Å²) in [7, 11) is 1.63. The van der Waals surface area contributed by atoms with E-state index in [1.165, 1.54) is 6.07 Å². The molecule has 7 nitrogen and oxygen atoms in total. The van der Waals surface area contributed by atoms with Gasteiger partial charge in [-0.2, -0.15) is 5.01 Å². The van der Waals surface area contributed by atoms with Crippen molar-refractivity contribution in [2.75, 3.05) is 7.11 Å². The second-order valence-corrected chi connectivity index (χ2v) is 7.13. The van der Waals surface area contributed by atoms with Crippen molar-refractivity contribution in [3.63, 3.8) is 0 Å². The molecule has 2 atom stereocenters. The number of benzene rings is 3. The Labute approximate surface area is 173 Å². The molecule has 2 heterocycles. The molecule has 0 aromatic heterocycles. The van der Waals surface area contributed by atoms with Crippen LogP contribution in [-0.4, -0.2) is 17.0 Å². The molecule has 30 heavy (non-hydrogen) atoms. The molecule has 0 amide bonds. The Morgan fingerprint density at radius 2 is 1.83 bits per heavy atom. The monoisotopic (exact) mass is 401 g/mol. The minimum absolute atomic E-state index is 0.0433. The number of rotatable bonds is 4. The smallest absolute Gasteiger partial charge is 0.270 e. The van der Waals surface area contributed by atoms with Crippen LogP contribution in [0.1, 0.15) is 29.0 Å². The number of fused-ring (bicyclic) bond motifs is 3. The number of hydrazine groups is 1. The van der Waals surface area contributed by atoms with Gasteiger partial charge in [-0.3, -0.25) is 10.1 Å². The van der Waals surface area contributed by atoms with Crippen molar-refractivity contribution >= 4 is 11.4 Å². The van der Waals surface area contributed by atoms with Gasteiger partial charge in [-0.1, -0.05) is 30.3 Å². The fourth-order valence-electron chi connectivity index (χ4n) is 3.87. The molecule has 1 N–H and O–H groups in total. The molecule has 0 aliphatic carbocycles. The van der Waals surface area contributed by atoms with Gasteiger partial charge in [-0.15, -0.1) is 0 Å². The zero-order valence-electron chi connectivity index (χ0n) is 16.2. The van der Waals surface area contributed by atoms with Crippen LogP contribution < -0.4 is 14.9 Å². The van der Waals surface area contributed by atoms with E-state index in [2.05, 4.69) is 11.5 Å². The highest BCUT2D eigenvalue weighted by atomic mass is 16.6. The largest absolute Gasteiger partial charge is 0.497 e. The van der Waals surface area contributed by atoms with E-state index in [1.54, 1.807) is 19.2 Å². The SMILES string of the molecule is COc1ccc(C2=C[C@H]3c4cc([N+](=O)[O-])ccc4O[C@H](c4ccccc4)N3N2)cc1. The predicted octanol–water partition coefficient (Wildman–Crippen LogP) is 4.60. The Morgan fingerprint density at radius 3 is 2.53 bits per heavy atom. The van der Waals surface area contributed by atoms with E-state index in [0.717, 1.165) is 28.1 Å². The fourth-order valence-corrected chi connectivity index (χ4v) is 3.87. The molecule has 2 aliphatic rings. The van der Waals surface area contributed by atoms with Gasteiger partial charge in [0.15, 0.2) is 6.23 Å². The highest BCUT2D eigenvalue weighted by Crippen LogP contribution is 2.46. The van der Waals surface area contributed by atoms with E-state index in [-0.39, 0.29) is 22.9 Å². The molecular weight excluding hydrogens is 382 g/mol. The van der Waals surface area contributed by atoms with Gasteiger partial charge in [0, 0.05) is 23.3 Å². The molecule has 3 aromatic carbocycles. The summed E-state index contributed by atoms with van der Waals surface area (Å²) in [6.07, 6.45) is 1.69. The first kappa shape index (κ1) is 18.2. The van der Waals surface area contributed by atoms with Crippen molar-refractivity contribution in [1.29, 1.82) is 0 Å². The van der Waals surface area contributed by atoms with Gasteiger partial charge >= 0.3 is 0 Å². The van der Waals surface area contributed by atoms with E-state index in [0.29, 0.717) is 5.75 Å². The standard InChI is InChI=1S/C23H19N3O4/c1-29-18-10-7-15(8-11-18)20-14-21-19-13-17(26(27)28)9-12-22(19)30-23(25(21)24-20)16-5-3-2-4-6-16/h2-14,21,23-24H,1H3/t21-,23+/m0/s1. The van der Waals surface area contributed by atoms with E-state index < -0.39 is 0 Å². The third-order valence-corrected chi connectivity index (χ3v) is 5.37. The summed E-state index contributed by atoms with van der Waals surface area (Å²) < 4.78 is 11.5. The summed E-state index contributed by atoms with van der Waals surface area (Å²) >= 11 is 0. The second-order valence-electron chi connectivity index (χ2n) is 7.13. The van der Waals surface area contributed by atoms with Gasteiger partial charge < -0.3 is 14.9 Å². The fraction of sp³-hybridized carbons (Fsp3) is 0.130. The molecule has 0 saturated heterocycles. The highest BCUT2D eigenvalue weighted by molar-refractivity contribution is 5.68. The zero-order valence-corrected chi connectivity index (χ0v) is 16.2. The molecule has 0 bridgehead atoms. The molecular formula is C23H19N3O4. The van der Waals surface area contributed by atoms with Gasteiger partial charge in [-0.25, -0.2) is 0 Å². The lowest BCUT2D eigenvalue weighted by Crippen LogP contribution is -2.43. The Bertz CT molecular complexity index is 1130. The van der Waals surface area contributed by atoms with E-state index in [9.17, 15) is 10.1 Å². The van der Waals surface area contributed by atoms with Crippen LogP contribution in [-0.2, 0) is 0 Å². The average molecular weight is 401 g/mol. The van der Waals surface area contributed by atoms with Gasteiger partial charge in [-0.05, 0) is 42.0 Å². The van der Waals surface area contributed by atoms with Crippen LogP contribution in [0.3, 0.4) is 0 Å². The highest BCUT2D eigenvalue weighted by Gasteiger charge is 2.40. The number of hydrogen-bond acceptors (Lipinski definition) is 6. The molecule has 2 aliphatic heterocycles. The first-order chi connectivity index (χ1) is 14.6. The number of non-ortho nitro benzene ring substituents is 1. The van der Waals surface area contributed by atoms with Crippen LogP contribution >= 0.6 is 0 Å². The number of nitrogens with zero attached hydrogens (tertiary/aromatic N) is 2. The maximum Gasteiger partial charge on any atom is 0.270 e. The first-order valence-corrected chi connectivity index (χ1v) is 9.55. The predicted molar refractivity (Wildman–Crippen MR) is 112 cm³/mol. The molecule has 7 heteroatoms. The number of hydrogen-bond donors (Lipinski definition) is 1. The molecule has 3 aromatic rings. The minimum atomic E-state index is -0.385. The Balaban J connectivity index is 1.59. The third-order valence-electron chi connectivity index (χ3n) is 5.37. The number of nitro benzene ring substituents is 1. The first-order valence-electron chi connectivity index (χ1n) is 9.55. The van der Waals surface area contributed by atoms with Crippen molar-refractivity contribution in [2.45, 2.75) is 12.3 Å². The van der Waals surface area contributed by atoms with E-state index in [1.807, 2.05) is 59.6 Å². The molecule has 0 saturated carbocycles. The van der Waals surface area contributed by atoms with Crippen LogP contribution in [0.5, 0.6) is 11.5 Å². The van der Waals surface area contributed by atoms with Crippen molar-refractivity contribution in [3.8, 4) is 11.5 Å². The maximum absolute atomic E-state index is 11.3. The molecule has 0 fully saturated rings. The van der Waals surface area contributed by atoms with E-state index >= 15 is 0 Å². The van der Waals surface area contributed by atoms with Crippen LogP contribution in [0.25, 0.3) is 5.70 Å². The lowest BCUT2D eigenvalue weighted by atomic mass is 10.00. The number of ether oxygens (including phenoxy) is 2. The summed E-state index contributed by atoms with van der Waals surface area (Å²) in [6.45, 7) is 0. The molecule has 0 spiro atoms. The van der Waals surface area contributed by atoms with Crippen LogP contribution in [0.15, 0.2) is 78.9 Å². The normalized spacial score (nSPS) is 19.7. The summed E-state index contributed by atoms with van der Waals surface area (Å²) in [5.41, 5.74) is 7.13. The Hall–Kier alpha value is -3.84. The molecule has 150 valence electrons. The summed E-state index contributed by atoms with van der Waals surface area (Å²) in [6, 6.07) is 22.2. The molecule has 0 unspecified atom stereocenters. The summed E-state index contributed by atoms with van der Waals surface area (Å²) in [5.74, 6) is 1.42. The Morgan fingerprint density at radius 1 is 1.07 bits per heavy atom. The van der Waals surface area contributed by atoms with Gasteiger partial charge in [0.1, 0.15) is 11.5 Å². The van der Waals surface area contributed by atoms with Crippen LogP contribution in [0, 0.1) is 10.1 Å². The third kappa shape index (κ3) is 3.05. The van der Waals surface area contributed by atoms with Crippen molar-refractivity contribution in [3.05, 3.63) is 106 Å². The number of methoxy groups -OCH3 is 1.